The van der Waals surface area contributed by atoms with Crippen molar-refractivity contribution in [2.75, 3.05) is 18.0 Å². The van der Waals surface area contributed by atoms with Crippen LogP contribution in [-0.4, -0.2) is 50.0 Å². The van der Waals surface area contributed by atoms with Crippen LogP contribution in [0.15, 0.2) is 36.5 Å². The number of carbonyl (C=O) groups is 1. The highest BCUT2D eigenvalue weighted by Crippen LogP contribution is 2.31. The first-order valence-corrected chi connectivity index (χ1v) is 11.9. The number of nitrogens with zero attached hydrogens (tertiary/aromatic N) is 5. The molecule has 1 amide bonds. The molecule has 1 aliphatic heterocycles. The minimum Gasteiger partial charge on any atom is -0.362 e. The van der Waals surface area contributed by atoms with Gasteiger partial charge in [-0.25, -0.2) is 4.98 Å². The zero-order valence-corrected chi connectivity index (χ0v) is 20.4. The molecule has 0 atom stereocenters. The number of H-pyrrole nitrogens is 1. The molecule has 0 aliphatic carbocycles. The van der Waals surface area contributed by atoms with Crippen molar-refractivity contribution in [1.29, 1.82) is 0 Å². The fourth-order valence-electron chi connectivity index (χ4n) is 4.55. The molecular weight excluding hydrogens is 450 g/mol. The van der Waals surface area contributed by atoms with Gasteiger partial charge in [-0.15, -0.1) is 0 Å². The van der Waals surface area contributed by atoms with E-state index in [0.29, 0.717) is 23.8 Å². The molecule has 2 N–H and O–H groups in total. The molecule has 0 bridgehead atoms. The Labute approximate surface area is 203 Å². The summed E-state index contributed by atoms with van der Waals surface area (Å²) < 4.78 is 1.81. The molecule has 34 heavy (non-hydrogen) atoms. The third kappa shape index (κ3) is 4.37. The molecule has 3 heterocycles. The molecule has 5 rings (SSSR count). The zero-order chi connectivity index (χ0) is 23.8. The van der Waals surface area contributed by atoms with Gasteiger partial charge in [0.05, 0.1) is 23.3 Å². The number of aromatic amines is 1. The van der Waals surface area contributed by atoms with Crippen molar-refractivity contribution >= 4 is 34.1 Å². The highest BCUT2D eigenvalue weighted by molar-refractivity contribution is 6.36. The normalized spacial score (nSPS) is 13.5. The summed E-state index contributed by atoms with van der Waals surface area (Å²) >= 11 is 6.62. The fraction of sp³-hybridized carbons (Fsp3) is 0.360. The Morgan fingerprint density at radius 3 is 2.94 bits per heavy atom. The molecule has 9 heteroatoms. The van der Waals surface area contributed by atoms with Gasteiger partial charge in [-0.1, -0.05) is 17.7 Å². The molecule has 8 nitrogen and oxygen atoms in total. The van der Waals surface area contributed by atoms with Crippen LogP contribution in [0.25, 0.3) is 22.3 Å². The fourth-order valence-corrected chi connectivity index (χ4v) is 4.83. The third-order valence-corrected chi connectivity index (χ3v) is 6.62. The summed E-state index contributed by atoms with van der Waals surface area (Å²) in [6.45, 7) is 5.21. The lowest BCUT2D eigenvalue weighted by Gasteiger charge is -2.31. The van der Waals surface area contributed by atoms with E-state index >= 15 is 0 Å². The highest BCUT2D eigenvalue weighted by Gasteiger charge is 2.21. The summed E-state index contributed by atoms with van der Waals surface area (Å²) in [5, 5.41) is 16.3. The summed E-state index contributed by atoms with van der Waals surface area (Å²) in [6, 6.07) is 10.4. The topological polar surface area (TPSA) is 91.7 Å². The predicted molar refractivity (Wildman–Crippen MR) is 134 cm³/mol. The Morgan fingerprint density at radius 1 is 1.26 bits per heavy atom. The molecular formula is C25H28ClN7O. The Morgan fingerprint density at radius 2 is 2.12 bits per heavy atom. The van der Waals surface area contributed by atoms with Gasteiger partial charge in [0.25, 0.3) is 0 Å². The maximum atomic E-state index is 12.3. The van der Waals surface area contributed by atoms with Crippen LogP contribution in [0.1, 0.15) is 37.2 Å². The number of nitrogens with one attached hydrogen (secondary N) is 2. The van der Waals surface area contributed by atoms with Gasteiger partial charge in [-0.2, -0.15) is 10.2 Å². The maximum Gasteiger partial charge on any atom is 0.239 e. The van der Waals surface area contributed by atoms with Crippen LogP contribution in [0.4, 0.5) is 5.69 Å². The van der Waals surface area contributed by atoms with Crippen molar-refractivity contribution in [3.63, 3.8) is 0 Å². The van der Waals surface area contributed by atoms with E-state index in [4.69, 9.17) is 16.6 Å². The minimum atomic E-state index is 0.0511. The van der Waals surface area contributed by atoms with Gasteiger partial charge in [0, 0.05) is 42.7 Å². The van der Waals surface area contributed by atoms with Crippen molar-refractivity contribution in [3.05, 3.63) is 58.5 Å². The second-order valence-corrected chi connectivity index (χ2v) is 9.49. The lowest BCUT2D eigenvalue weighted by molar-refractivity contribution is -0.120. The minimum absolute atomic E-state index is 0.0511. The molecule has 0 fully saturated rings. The van der Waals surface area contributed by atoms with E-state index in [1.54, 1.807) is 6.20 Å². The van der Waals surface area contributed by atoms with Gasteiger partial charge < -0.3 is 10.2 Å². The molecule has 0 spiro atoms. The number of hydrogen-bond donors (Lipinski definition) is 2. The van der Waals surface area contributed by atoms with Crippen molar-refractivity contribution in [3.8, 4) is 11.4 Å². The Hall–Kier alpha value is -3.39. The van der Waals surface area contributed by atoms with Crippen molar-refractivity contribution in [1.82, 2.24) is 30.3 Å². The van der Waals surface area contributed by atoms with E-state index in [1.807, 2.05) is 43.8 Å². The molecule has 4 aromatic rings. The number of fused-ring (bicyclic) bond motifs is 2. The van der Waals surface area contributed by atoms with E-state index in [-0.39, 0.29) is 11.9 Å². The Kier molecular flexibility index (Phi) is 6.00. The first-order chi connectivity index (χ1) is 16.4. The van der Waals surface area contributed by atoms with E-state index in [1.165, 1.54) is 5.56 Å². The van der Waals surface area contributed by atoms with Gasteiger partial charge in [0.2, 0.25) is 5.91 Å². The SMILES string of the molecule is CC(C)NC(=O)CN1CCCc2cc(-c3nc(Cc4ccc5[nH]ncc5c4Cl)n(C)n3)ccc21. The number of halogens is 1. The average molecular weight is 478 g/mol. The van der Waals surface area contributed by atoms with E-state index in [0.717, 1.165) is 52.9 Å². The zero-order valence-electron chi connectivity index (χ0n) is 19.6. The van der Waals surface area contributed by atoms with Crippen molar-refractivity contribution in [2.45, 2.75) is 39.2 Å². The molecule has 0 saturated heterocycles. The van der Waals surface area contributed by atoms with Crippen LogP contribution in [0.5, 0.6) is 0 Å². The second kappa shape index (κ2) is 9.10. The molecule has 176 valence electrons. The summed E-state index contributed by atoms with van der Waals surface area (Å²) in [6.07, 6.45) is 4.31. The number of amides is 1. The number of hydrogen-bond acceptors (Lipinski definition) is 5. The van der Waals surface area contributed by atoms with Crippen LogP contribution in [0.3, 0.4) is 0 Å². The van der Waals surface area contributed by atoms with E-state index in [9.17, 15) is 4.79 Å². The van der Waals surface area contributed by atoms with Gasteiger partial charge >= 0.3 is 0 Å². The second-order valence-electron chi connectivity index (χ2n) is 9.11. The van der Waals surface area contributed by atoms with Crippen LogP contribution >= 0.6 is 11.6 Å². The molecule has 1 aliphatic rings. The molecule has 2 aromatic carbocycles. The van der Waals surface area contributed by atoms with Crippen LogP contribution in [-0.2, 0) is 24.7 Å². The number of aryl methyl sites for hydroxylation is 2. The summed E-state index contributed by atoms with van der Waals surface area (Å²) in [5.41, 5.74) is 5.22. The van der Waals surface area contributed by atoms with Gasteiger partial charge in [-0.05, 0) is 62.1 Å². The predicted octanol–water partition coefficient (Wildman–Crippen LogP) is 3.88. The van der Waals surface area contributed by atoms with Crippen molar-refractivity contribution < 1.29 is 4.79 Å². The number of carbonyl (C=O) groups excluding carboxylic acids is 1. The van der Waals surface area contributed by atoms with Crippen molar-refractivity contribution in [2.24, 2.45) is 7.05 Å². The van der Waals surface area contributed by atoms with Gasteiger partial charge in [0.15, 0.2) is 5.82 Å². The van der Waals surface area contributed by atoms with E-state index < -0.39 is 0 Å². The van der Waals surface area contributed by atoms with Crippen LogP contribution in [0, 0.1) is 0 Å². The lowest BCUT2D eigenvalue weighted by Crippen LogP contribution is -2.42. The molecule has 0 saturated carbocycles. The van der Waals surface area contributed by atoms with E-state index in [2.05, 4.69) is 37.6 Å². The van der Waals surface area contributed by atoms with Crippen LogP contribution in [0.2, 0.25) is 5.02 Å². The number of benzene rings is 2. The van der Waals surface area contributed by atoms with Gasteiger partial charge in [0.1, 0.15) is 5.82 Å². The number of rotatable bonds is 6. The van der Waals surface area contributed by atoms with Gasteiger partial charge in [-0.3, -0.25) is 14.6 Å². The Bertz CT molecular complexity index is 1360. The summed E-state index contributed by atoms with van der Waals surface area (Å²) in [4.78, 5) is 19.3. The quantitative estimate of drug-likeness (QED) is 0.439. The Balaban J connectivity index is 1.38. The molecule has 0 unspecified atom stereocenters. The highest BCUT2D eigenvalue weighted by atomic mass is 35.5. The molecule has 0 radical (unpaired) electrons. The maximum absolute atomic E-state index is 12.3. The van der Waals surface area contributed by atoms with Crippen LogP contribution < -0.4 is 10.2 Å². The summed E-state index contributed by atoms with van der Waals surface area (Å²) in [5.74, 6) is 1.58. The average Bonchev–Trinajstić information content (AvgIpc) is 3.42. The first kappa shape index (κ1) is 22.4. The number of anilines is 1. The smallest absolute Gasteiger partial charge is 0.239 e. The monoisotopic (exact) mass is 477 g/mol. The number of aromatic nitrogens is 5. The molecule has 2 aromatic heterocycles. The first-order valence-electron chi connectivity index (χ1n) is 11.6. The third-order valence-electron chi connectivity index (χ3n) is 6.18. The lowest BCUT2D eigenvalue weighted by atomic mass is 9.99. The largest absolute Gasteiger partial charge is 0.362 e. The summed E-state index contributed by atoms with van der Waals surface area (Å²) in [7, 11) is 1.91. The standard InChI is InChI=1S/C25H28ClN7O/c1-15(2)28-23(34)14-33-10-4-5-16-11-18(7-9-21(16)33)25-29-22(32(3)31-25)12-17-6-8-20-19(24(17)26)13-27-30-20/h6-9,11,13,15H,4-5,10,12,14H2,1-3H3,(H,27,30)(H,28,34).